The van der Waals surface area contributed by atoms with Crippen LogP contribution in [-0.2, 0) is 6.42 Å². The van der Waals surface area contributed by atoms with E-state index in [-0.39, 0.29) is 5.78 Å². The van der Waals surface area contributed by atoms with Gasteiger partial charge in [-0.2, -0.15) is 0 Å². The molecule has 0 N–H and O–H groups in total. The van der Waals surface area contributed by atoms with Gasteiger partial charge in [0.25, 0.3) is 0 Å². The number of allylic oxidation sites excluding steroid dienone is 1. The minimum absolute atomic E-state index is 0.167. The van der Waals surface area contributed by atoms with Gasteiger partial charge in [0.15, 0.2) is 5.78 Å². The topological polar surface area (TPSA) is 17.1 Å². The van der Waals surface area contributed by atoms with Gasteiger partial charge in [-0.25, -0.2) is 0 Å². The van der Waals surface area contributed by atoms with Gasteiger partial charge >= 0.3 is 0 Å². The largest absolute Gasteiger partial charge is 0.294 e. The number of ketones is 1. The molecule has 0 unspecified atom stereocenters. The quantitative estimate of drug-likeness (QED) is 0.408. The average Bonchev–Trinajstić information content (AvgIpc) is 2.27. The number of hydrogen-bond donors (Lipinski definition) is 0. The Bertz CT molecular complexity index is 327. The summed E-state index contributed by atoms with van der Waals surface area (Å²) in [6.07, 6.45) is 3.97. The molecule has 15 heavy (non-hydrogen) atoms. The van der Waals surface area contributed by atoms with Gasteiger partial charge in [-0.05, 0) is 18.4 Å². The summed E-state index contributed by atoms with van der Waals surface area (Å²) in [5.41, 5.74) is 1.95. The molecule has 0 amide bonds. The third-order valence-corrected chi connectivity index (χ3v) is 2.46. The fraction of sp³-hybridized carbons (Fsp3) is 0.308. The van der Waals surface area contributed by atoms with Gasteiger partial charge in [0.1, 0.15) is 0 Å². The van der Waals surface area contributed by atoms with E-state index in [1.54, 1.807) is 0 Å². The first-order valence-corrected chi connectivity index (χ1v) is 5.60. The highest BCUT2D eigenvalue weighted by Gasteiger charge is 2.04. The van der Waals surface area contributed by atoms with Gasteiger partial charge in [0, 0.05) is 17.9 Å². The molecule has 0 heterocycles. The van der Waals surface area contributed by atoms with E-state index in [1.807, 2.05) is 30.3 Å². The highest BCUT2D eigenvalue weighted by Crippen LogP contribution is 2.09. The van der Waals surface area contributed by atoms with E-state index < -0.39 is 0 Å². The Kier molecular flexibility index (Phi) is 5.13. The van der Waals surface area contributed by atoms with Crippen LogP contribution in [0.5, 0.6) is 0 Å². The lowest BCUT2D eigenvalue weighted by Gasteiger charge is -2.01. The predicted octanol–water partition coefficient (Wildman–Crippen LogP) is 3.62. The maximum Gasteiger partial charge on any atom is 0.162 e. The van der Waals surface area contributed by atoms with E-state index in [0.29, 0.717) is 12.3 Å². The second-order valence-electron chi connectivity index (χ2n) is 3.41. The van der Waals surface area contributed by atoms with E-state index in [2.05, 4.69) is 6.58 Å². The van der Waals surface area contributed by atoms with Gasteiger partial charge in [0.2, 0.25) is 0 Å². The summed E-state index contributed by atoms with van der Waals surface area (Å²) in [6.45, 7) is 3.67. The normalized spacial score (nSPS) is 9.93. The van der Waals surface area contributed by atoms with Crippen molar-refractivity contribution in [1.82, 2.24) is 0 Å². The first kappa shape index (κ1) is 12.0. The number of benzene rings is 1. The molecule has 0 atom stereocenters. The van der Waals surface area contributed by atoms with Crippen LogP contribution in [0.25, 0.3) is 0 Å². The van der Waals surface area contributed by atoms with E-state index >= 15 is 0 Å². The molecule has 1 aromatic rings. The molecule has 0 bridgehead atoms. The molecule has 0 aliphatic carbocycles. The standard InChI is InChI=1S/C13H15ClO/c1-2-4-11-6-8-12(9-7-11)13(15)5-3-10-14/h2,6-9H,1,3-5,10H2. The van der Waals surface area contributed by atoms with Crippen molar-refractivity contribution in [3.05, 3.63) is 48.0 Å². The Morgan fingerprint density at radius 1 is 1.33 bits per heavy atom. The summed E-state index contributed by atoms with van der Waals surface area (Å²) in [6, 6.07) is 7.68. The van der Waals surface area contributed by atoms with Crippen LogP contribution in [0, 0.1) is 0 Å². The molecule has 0 saturated heterocycles. The van der Waals surface area contributed by atoms with Crippen molar-refractivity contribution in [3.63, 3.8) is 0 Å². The number of carbonyl (C=O) groups excluding carboxylic acids is 1. The number of rotatable bonds is 6. The van der Waals surface area contributed by atoms with Crippen molar-refractivity contribution in [2.75, 3.05) is 5.88 Å². The average molecular weight is 223 g/mol. The van der Waals surface area contributed by atoms with Gasteiger partial charge in [-0.3, -0.25) is 4.79 Å². The molecule has 0 spiro atoms. The number of carbonyl (C=O) groups is 1. The lowest BCUT2D eigenvalue weighted by Crippen LogP contribution is -1.99. The van der Waals surface area contributed by atoms with Crippen molar-refractivity contribution >= 4 is 17.4 Å². The Morgan fingerprint density at radius 3 is 2.53 bits per heavy atom. The number of alkyl halides is 1. The van der Waals surface area contributed by atoms with Crippen LogP contribution in [-0.4, -0.2) is 11.7 Å². The van der Waals surface area contributed by atoms with Gasteiger partial charge in [-0.1, -0.05) is 30.3 Å². The third-order valence-electron chi connectivity index (χ3n) is 2.19. The van der Waals surface area contributed by atoms with E-state index in [9.17, 15) is 4.79 Å². The smallest absolute Gasteiger partial charge is 0.162 e. The van der Waals surface area contributed by atoms with Crippen LogP contribution < -0.4 is 0 Å². The van der Waals surface area contributed by atoms with Crippen LogP contribution in [0.3, 0.4) is 0 Å². The lowest BCUT2D eigenvalue weighted by atomic mass is 10.0. The summed E-state index contributed by atoms with van der Waals surface area (Å²) >= 11 is 5.54. The maximum absolute atomic E-state index is 11.6. The second-order valence-corrected chi connectivity index (χ2v) is 3.78. The van der Waals surface area contributed by atoms with Gasteiger partial charge < -0.3 is 0 Å². The summed E-state index contributed by atoms with van der Waals surface area (Å²) < 4.78 is 0. The number of Topliss-reactive ketones (excluding diaryl/α,β-unsaturated/α-hetero) is 1. The first-order valence-electron chi connectivity index (χ1n) is 5.07. The SMILES string of the molecule is C=CCc1ccc(C(=O)CCCCl)cc1. The Morgan fingerprint density at radius 2 is 2.00 bits per heavy atom. The minimum atomic E-state index is 0.167. The molecule has 1 rings (SSSR count). The van der Waals surface area contributed by atoms with E-state index in [1.165, 1.54) is 5.56 Å². The zero-order valence-corrected chi connectivity index (χ0v) is 9.46. The van der Waals surface area contributed by atoms with Crippen LogP contribution in [0.2, 0.25) is 0 Å². The molecular weight excluding hydrogens is 208 g/mol. The summed E-state index contributed by atoms with van der Waals surface area (Å²) in [5, 5.41) is 0. The maximum atomic E-state index is 11.6. The zero-order chi connectivity index (χ0) is 11.1. The second kappa shape index (κ2) is 6.41. The third kappa shape index (κ3) is 3.88. The molecule has 0 fully saturated rings. The first-order chi connectivity index (χ1) is 7.27. The summed E-state index contributed by atoms with van der Waals surface area (Å²) in [5.74, 6) is 0.709. The molecule has 1 aromatic carbocycles. The van der Waals surface area contributed by atoms with Gasteiger partial charge in [0.05, 0.1) is 0 Å². The van der Waals surface area contributed by atoms with Crippen molar-refractivity contribution in [3.8, 4) is 0 Å². The molecule has 0 saturated carbocycles. The van der Waals surface area contributed by atoms with Crippen LogP contribution in [0.4, 0.5) is 0 Å². The molecular formula is C13H15ClO. The molecule has 0 aliphatic rings. The molecule has 1 nitrogen and oxygen atoms in total. The Hall–Kier alpha value is -1.08. The van der Waals surface area contributed by atoms with Crippen molar-refractivity contribution < 1.29 is 4.79 Å². The minimum Gasteiger partial charge on any atom is -0.294 e. The van der Waals surface area contributed by atoms with E-state index in [4.69, 9.17) is 11.6 Å². The monoisotopic (exact) mass is 222 g/mol. The fourth-order valence-corrected chi connectivity index (χ4v) is 1.50. The van der Waals surface area contributed by atoms with Gasteiger partial charge in [-0.15, -0.1) is 18.2 Å². The summed E-state index contributed by atoms with van der Waals surface area (Å²) in [7, 11) is 0. The van der Waals surface area contributed by atoms with Crippen LogP contribution in [0.1, 0.15) is 28.8 Å². The van der Waals surface area contributed by atoms with Crippen LogP contribution in [0.15, 0.2) is 36.9 Å². The van der Waals surface area contributed by atoms with E-state index in [0.717, 1.165) is 18.4 Å². The highest BCUT2D eigenvalue weighted by atomic mass is 35.5. The van der Waals surface area contributed by atoms with Crippen molar-refractivity contribution in [2.24, 2.45) is 0 Å². The lowest BCUT2D eigenvalue weighted by molar-refractivity contribution is 0.0982. The summed E-state index contributed by atoms with van der Waals surface area (Å²) in [4.78, 5) is 11.6. The zero-order valence-electron chi connectivity index (χ0n) is 8.71. The fourth-order valence-electron chi connectivity index (χ4n) is 1.37. The highest BCUT2D eigenvalue weighted by molar-refractivity contribution is 6.18. The molecule has 0 aromatic heterocycles. The Labute approximate surface area is 95.8 Å². The predicted molar refractivity (Wildman–Crippen MR) is 64.6 cm³/mol. The Balaban J connectivity index is 2.62. The van der Waals surface area contributed by atoms with Crippen molar-refractivity contribution in [1.29, 1.82) is 0 Å². The molecule has 0 aliphatic heterocycles. The van der Waals surface area contributed by atoms with Crippen molar-refractivity contribution in [2.45, 2.75) is 19.3 Å². The number of hydrogen-bond acceptors (Lipinski definition) is 1. The number of halogens is 1. The molecule has 80 valence electrons. The molecule has 0 radical (unpaired) electrons. The molecule has 2 heteroatoms. The van der Waals surface area contributed by atoms with Crippen LogP contribution >= 0.6 is 11.6 Å².